The van der Waals surface area contributed by atoms with Crippen LogP contribution in [0.3, 0.4) is 0 Å². The van der Waals surface area contributed by atoms with Gasteiger partial charge in [-0.05, 0) is 55.2 Å². The van der Waals surface area contributed by atoms with Crippen molar-refractivity contribution >= 4 is 32.5 Å². The average molecular weight is 551 g/mol. The van der Waals surface area contributed by atoms with Crippen LogP contribution >= 0.6 is 0 Å². The molecule has 0 aliphatic carbocycles. The molecule has 0 bridgehead atoms. The summed E-state index contributed by atoms with van der Waals surface area (Å²) in [5.74, 6) is -0.529. The number of amides is 1. The minimum Gasteiger partial charge on any atom is -0.320 e. The number of piperidine rings is 1. The van der Waals surface area contributed by atoms with Crippen LogP contribution in [-0.2, 0) is 14.8 Å². The predicted molar refractivity (Wildman–Crippen MR) is 157 cm³/mol. The number of carbonyl (C=O) groups is 1. The molecule has 1 fully saturated rings. The maximum Gasteiger partial charge on any atom is 0.243 e. The molecule has 8 heteroatoms. The standard InChI is InChI=1S/C32H30N4O3S/c1-24-22-31(29-11-5-6-12-30(29)33-24)34-18-20-35(21-19-34)32(37)27-10-7-17-36(23-27)40(38,39)28-15-13-26(14-16-28)25-8-3-2-4-9-25/h2-6,8-9,11-16,18-22,27H,7,10,17,23H2,1H3. The van der Waals surface area contributed by atoms with Crippen molar-refractivity contribution in [1.82, 2.24) is 14.2 Å². The fourth-order valence-corrected chi connectivity index (χ4v) is 6.89. The van der Waals surface area contributed by atoms with E-state index in [1.165, 1.54) is 4.31 Å². The lowest BCUT2D eigenvalue weighted by Crippen LogP contribution is -2.45. The van der Waals surface area contributed by atoms with E-state index in [-0.39, 0.29) is 17.3 Å². The lowest BCUT2D eigenvalue weighted by Gasteiger charge is -2.33. The minimum absolute atomic E-state index is 0.109. The monoisotopic (exact) mass is 550 g/mol. The Morgan fingerprint density at radius 1 is 0.850 bits per heavy atom. The van der Waals surface area contributed by atoms with Crippen LogP contribution in [0.1, 0.15) is 18.5 Å². The van der Waals surface area contributed by atoms with Gasteiger partial charge in [-0.2, -0.15) is 4.31 Å². The van der Waals surface area contributed by atoms with Gasteiger partial charge in [0.15, 0.2) is 0 Å². The van der Waals surface area contributed by atoms with Crippen LogP contribution in [0.5, 0.6) is 0 Å². The zero-order valence-corrected chi connectivity index (χ0v) is 23.0. The number of sulfonamides is 1. The van der Waals surface area contributed by atoms with E-state index in [0.717, 1.165) is 33.4 Å². The smallest absolute Gasteiger partial charge is 0.243 e. The molecule has 0 N–H and O–H groups in total. The SMILES string of the molecule is Cc1cc(N2C=CN(C(=O)C3CCCN(S(=O)(=O)c4ccc(-c5ccccc5)cc4)C3)C=C2)c2ccccc2n1. The highest BCUT2D eigenvalue weighted by Crippen LogP contribution is 2.30. The average Bonchev–Trinajstić information content (AvgIpc) is 3.01. The molecule has 3 heterocycles. The molecule has 0 radical (unpaired) electrons. The third-order valence-corrected chi connectivity index (χ3v) is 9.34. The van der Waals surface area contributed by atoms with E-state index < -0.39 is 15.9 Å². The summed E-state index contributed by atoms with van der Waals surface area (Å²) in [7, 11) is -3.72. The Kier molecular flexibility index (Phi) is 6.96. The maximum atomic E-state index is 13.5. The molecule has 1 unspecified atom stereocenters. The number of benzene rings is 3. The molecule has 2 aliphatic heterocycles. The molecule has 3 aromatic carbocycles. The first kappa shape index (κ1) is 26.0. The molecule has 0 spiro atoms. The van der Waals surface area contributed by atoms with E-state index in [2.05, 4.69) is 4.98 Å². The Labute approximate surface area is 234 Å². The number of rotatable bonds is 5. The molecule has 4 aromatic rings. The molecule has 2 aliphatic rings. The van der Waals surface area contributed by atoms with Crippen LogP contribution in [0, 0.1) is 12.8 Å². The topological polar surface area (TPSA) is 73.8 Å². The number of hydrogen-bond acceptors (Lipinski definition) is 5. The van der Waals surface area contributed by atoms with Crippen molar-refractivity contribution in [3.8, 4) is 11.1 Å². The molecule has 1 saturated heterocycles. The van der Waals surface area contributed by atoms with Gasteiger partial charge in [0.25, 0.3) is 0 Å². The van der Waals surface area contributed by atoms with E-state index in [9.17, 15) is 13.2 Å². The summed E-state index contributed by atoms with van der Waals surface area (Å²) in [5.41, 5.74) is 4.79. The molecule has 0 saturated carbocycles. The predicted octanol–water partition coefficient (Wildman–Crippen LogP) is 5.90. The van der Waals surface area contributed by atoms with Gasteiger partial charge >= 0.3 is 0 Å². The summed E-state index contributed by atoms with van der Waals surface area (Å²) in [6, 6.07) is 26.8. The molecular formula is C32H30N4O3S. The summed E-state index contributed by atoms with van der Waals surface area (Å²) >= 11 is 0. The van der Waals surface area contributed by atoms with Crippen LogP contribution in [0.2, 0.25) is 0 Å². The van der Waals surface area contributed by atoms with Gasteiger partial charge in [0, 0.05) is 49.0 Å². The molecular weight excluding hydrogens is 520 g/mol. The van der Waals surface area contributed by atoms with Gasteiger partial charge in [0.05, 0.1) is 22.0 Å². The fourth-order valence-electron chi connectivity index (χ4n) is 5.37. The Morgan fingerprint density at radius 2 is 1.52 bits per heavy atom. The van der Waals surface area contributed by atoms with Gasteiger partial charge in [0.1, 0.15) is 0 Å². The van der Waals surface area contributed by atoms with Gasteiger partial charge in [-0.1, -0.05) is 60.7 Å². The number of nitrogens with zero attached hydrogens (tertiary/aromatic N) is 4. The van der Waals surface area contributed by atoms with Crippen molar-refractivity contribution in [3.05, 3.63) is 115 Å². The molecule has 1 atom stereocenters. The van der Waals surface area contributed by atoms with Gasteiger partial charge in [-0.25, -0.2) is 8.42 Å². The first-order valence-electron chi connectivity index (χ1n) is 13.4. The highest BCUT2D eigenvalue weighted by atomic mass is 32.2. The summed E-state index contributed by atoms with van der Waals surface area (Å²) in [6.07, 6.45) is 8.46. The van der Waals surface area contributed by atoms with Gasteiger partial charge in [-0.15, -0.1) is 0 Å². The van der Waals surface area contributed by atoms with E-state index >= 15 is 0 Å². The van der Waals surface area contributed by atoms with Crippen molar-refractivity contribution in [2.75, 3.05) is 18.0 Å². The first-order valence-corrected chi connectivity index (χ1v) is 14.8. The Bertz CT molecular complexity index is 1700. The lowest BCUT2D eigenvalue weighted by molar-refractivity contribution is -0.131. The second-order valence-corrected chi connectivity index (χ2v) is 12.1. The molecule has 1 aromatic heterocycles. The Morgan fingerprint density at radius 3 is 2.27 bits per heavy atom. The van der Waals surface area contributed by atoms with E-state index in [1.54, 1.807) is 29.4 Å². The number of fused-ring (bicyclic) bond motifs is 1. The van der Waals surface area contributed by atoms with E-state index in [4.69, 9.17) is 0 Å². The fraction of sp³-hybridized carbons (Fsp3) is 0.188. The number of hydrogen-bond donors (Lipinski definition) is 0. The molecule has 1 amide bonds. The van der Waals surface area contributed by atoms with Gasteiger partial charge in [0.2, 0.25) is 15.9 Å². The van der Waals surface area contributed by atoms with Gasteiger partial charge in [-0.3, -0.25) is 14.7 Å². The van der Waals surface area contributed by atoms with Crippen molar-refractivity contribution in [2.45, 2.75) is 24.7 Å². The number of carbonyl (C=O) groups excluding carboxylic acids is 1. The van der Waals surface area contributed by atoms with Crippen LogP contribution in [-0.4, -0.2) is 41.6 Å². The highest BCUT2D eigenvalue weighted by molar-refractivity contribution is 7.89. The number of aryl methyl sites for hydroxylation is 1. The van der Waals surface area contributed by atoms with Crippen molar-refractivity contribution in [1.29, 1.82) is 0 Å². The van der Waals surface area contributed by atoms with Crippen LogP contribution < -0.4 is 4.90 Å². The zero-order valence-electron chi connectivity index (χ0n) is 22.2. The summed E-state index contributed by atoms with van der Waals surface area (Å²) in [4.78, 5) is 21.8. The number of pyridine rings is 1. The largest absolute Gasteiger partial charge is 0.320 e. The molecule has 7 nitrogen and oxygen atoms in total. The van der Waals surface area contributed by atoms with E-state index in [0.29, 0.717) is 19.4 Å². The zero-order chi connectivity index (χ0) is 27.7. The maximum absolute atomic E-state index is 13.5. The molecule has 6 rings (SSSR count). The third kappa shape index (κ3) is 5.03. The lowest BCUT2D eigenvalue weighted by atomic mass is 9.98. The quantitative estimate of drug-likeness (QED) is 0.309. The van der Waals surface area contributed by atoms with E-state index in [1.807, 2.05) is 97.0 Å². The molecule has 40 heavy (non-hydrogen) atoms. The van der Waals surface area contributed by atoms with Crippen molar-refractivity contribution in [2.24, 2.45) is 5.92 Å². The van der Waals surface area contributed by atoms with Crippen LogP contribution in [0.25, 0.3) is 22.0 Å². The summed E-state index contributed by atoms with van der Waals surface area (Å²) in [5, 5.41) is 1.02. The van der Waals surface area contributed by atoms with Crippen LogP contribution in [0.4, 0.5) is 5.69 Å². The summed E-state index contributed by atoms with van der Waals surface area (Å²) in [6.45, 7) is 2.53. The second-order valence-electron chi connectivity index (χ2n) is 10.1. The highest BCUT2D eigenvalue weighted by Gasteiger charge is 2.35. The third-order valence-electron chi connectivity index (χ3n) is 7.46. The number of aromatic nitrogens is 1. The summed E-state index contributed by atoms with van der Waals surface area (Å²) < 4.78 is 28.4. The van der Waals surface area contributed by atoms with Crippen molar-refractivity contribution in [3.63, 3.8) is 0 Å². The van der Waals surface area contributed by atoms with Gasteiger partial charge < -0.3 is 4.90 Å². The Hall–Kier alpha value is -4.27. The second kappa shape index (κ2) is 10.7. The number of para-hydroxylation sites is 1. The number of anilines is 1. The van der Waals surface area contributed by atoms with Crippen molar-refractivity contribution < 1.29 is 13.2 Å². The minimum atomic E-state index is -3.72. The normalized spacial score (nSPS) is 17.9. The molecule has 202 valence electrons. The first-order chi connectivity index (χ1) is 19.4. The Balaban J connectivity index is 1.15. The van der Waals surface area contributed by atoms with Crippen LogP contribution in [0.15, 0.2) is 115 Å².